The van der Waals surface area contributed by atoms with Crippen LogP contribution in [0.2, 0.25) is 0 Å². The van der Waals surface area contributed by atoms with Crippen molar-refractivity contribution in [3.05, 3.63) is 84.6 Å². The molecule has 0 radical (unpaired) electrons. The first kappa shape index (κ1) is 16.3. The normalized spacial score (nSPS) is 10.8. The molecule has 3 nitrogen and oxygen atoms in total. The molecule has 3 heteroatoms. The molecular weight excluding hydrogens is 322 g/mol. The van der Waals surface area contributed by atoms with E-state index in [-0.39, 0.29) is 0 Å². The molecule has 4 rings (SSSR count). The van der Waals surface area contributed by atoms with Crippen molar-refractivity contribution < 1.29 is 9.47 Å². The topological polar surface area (TPSA) is 23.4 Å². The highest BCUT2D eigenvalue weighted by atomic mass is 16.5. The molecule has 130 valence electrons. The van der Waals surface area contributed by atoms with E-state index in [4.69, 9.17) is 9.47 Å². The maximum Gasteiger partial charge on any atom is 0.119 e. The maximum atomic E-state index is 5.34. The molecule has 0 fully saturated rings. The molecule has 0 aliphatic heterocycles. The SMILES string of the molecule is COc1ccc(Cn2ccc3cc(-c4cccc(OC)c4)ccc32)cc1. The van der Waals surface area contributed by atoms with E-state index in [0.717, 1.165) is 23.6 Å². The Kier molecular flexibility index (Phi) is 4.36. The van der Waals surface area contributed by atoms with Crippen LogP contribution in [0, 0.1) is 0 Å². The molecular formula is C23H21NO2. The van der Waals surface area contributed by atoms with Gasteiger partial charge in [0.1, 0.15) is 11.5 Å². The minimum Gasteiger partial charge on any atom is -0.497 e. The van der Waals surface area contributed by atoms with E-state index in [0.29, 0.717) is 0 Å². The third kappa shape index (κ3) is 3.16. The van der Waals surface area contributed by atoms with Crippen LogP contribution >= 0.6 is 0 Å². The van der Waals surface area contributed by atoms with Crippen molar-refractivity contribution in [3.63, 3.8) is 0 Å². The fraction of sp³-hybridized carbons (Fsp3) is 0.130. The van der Waals surface area contributed by atoms with E-state index in [1.807, 2.05) is 24.3 Å². The van der Waals surface area contributed by atoms with Crippen LogP contribution in [0.1, 0.15) is 5.56 Å². The summed E-state index contributed by atoms with van der Waals surface area (Å²) in [6, 6.07) is 25.1. The Balaban J connectivity index is 1.64. The van der Waals surface area contributed by atoms with Gasteiger partial charge in [-0.3, -0.25) is 0 Å². The summed E-state index contributed by atoms with van der Waals surface area (Å²) in [4.78, 5) is 0. The average Bonchev–Trinajstić information content (AvgIpc) is 3.10. The Labute approximate surface area is 153 Å². The number of hydrogen-bond donors (Lipinski definition) is 0. The quantitative estimate of drug-likeness (QED) is 0.486. The van der Waals surface area contributed by atoms with E-state index >= 15 is 0 Å². The standard InChI is InChI=1S/C23H21NO2/c1-25-21-9-6-17(7-10-21)16-24-13-12-20-14-19(8-11-23(20)24)18-4-3-5-22(15-18)26-2/h3-15H,16H2,1-2H3. The predicted molar refractivity (Wildman–Crippen MR) is 106 cm³/mol. The van der Waals surface area contributed by atoms with Crippen LogP contribution in [0.25, 0.3) is 22.0 Å². The molecule has 0 bridgehead atoms. The van der Waals surface area contributed by atoms with Gasteiger partial charge in [0.2, 0.25) is 0 Å². The highest BCUT2D eigenvalue weighted by Crippen LogP contribution is 2.28. The van der Waals surface area contributed by atoms with Crippen LogP contribution in [0.5, 0.6) is 11.5 Å². The van der Waals surface area contributed by atoms with Gasteiger partial charge in [-0.1, -0.05) is 30.3 Å². The Morgan fingerprint density at radius 3 is 2.27 bits per heavy atom. The summed E-state index contributed by atoms with van der Waals surface area (Å²) in [7, 11) is 3.38. The molecule has 3 aromatic carbocycles. The zero-order valence-electron chi connectivity index (χ0n) is 15.0. The monoisotopic (exact) mass is 343 g/mol. The molecule has 0 atom stereocenters. The van der Waals surface area contributed by atoms with Crippen molar-refractivity contribution >= 4 is 10.9 Å². The number of aromatic nitrogens is 1. The maximum absolute atomic E-state index is 5.34. The molecule has 0 amide bonds. The van der Waals surface area contributed by atoms with Gasteiger partial charge >= 0.3 is 0 Å². The third-order valence-electron chi connectivity index (χ3n) is 4.69. The van der Waals surface area contributed by atoms with Gasteiger partial charge in [-0.2, -0.15) is 0 Å². The van der Waals surface area contributed by atoms with Crippen molar-refractivity contribution in [2.24, 2.45) is 0 Å². The summed E-state index contributed by atoms with van der Waals surface area (Å²) in [6.07, 6.45) is 2.14. The van der Waals surface area contributed by atoms with Gasteiger partial charge in [0.15, 0.2) is 0 Å². The van der Waals surface area contributed by atoms with Crippen LogP contribution in [0.4, 0.5) is 0 Å². The molecule has 0 aliphatic carbocycles. The molecule has 1 aromatic heterocycles. The molecule has 0 spiro atoms. The summed E-state index contributed by atoms with van der Waals surface area (Å²) >= 11 is 0. The van der Waals surface area contributed by atoms with Crippen LogP contribution in [-0.2, 0) is 6.54 Å². The van der Waals surface area contributed by atoms with Crippen molar-refractivity contribution in [2.75, 3.05) is 14.2 Å². The highest BCUT2D eigenvalue weighted by Gasteiger charge is 2.06. The van der Waals surface area contributed by atoms with Gasteiger partial charge in [-0.05, 0) is 59.2 Å². The molecule has 0 aliphatic rings. The van der Waals surface area contributed by atoms with E-state index in [9.17, 15) is 0 Å². The number of rotatable bonds is 5. The molecule has 0 N–H and O–H groups in total. The Morgan fingerprint density at radius 1 is 0.731 bits per heavy atom. The predicted octanol–water partition coefficient (Wildman–Crippen LogP) is 5.37. The molecule has 0 saturated carbocycles. The lowest BCUT2D eigenvalue weighted by Crippen LogP contribution is -1.97. The number of methoxy groups -OCH3 is 2. The number of fused-ring (bicyclic) bond motifs is 1. The summed E-state index contributed by atoms with van der Waals surface area (Å²) in [6.45, 7) is 0.839. The zero-order chi connectivity index (χ0) is 17.9. The molecule has 26 heavy (non-hydrogen) atoms. The van der Waals surface area contributed by atoms with E-state index in [2.05, 4.69) is 59.3 Å². The molecule has 1 heterocycles. The van der Waals surface area contributed by atoms with Crippen LogP contribution in [0.3, 0.4) is 0 Å². The van der Waals surface area contributed by atoms with Gasteiger partial charge in [-0.25, -0.2) is 0 Å². The average molecular weight is 343 g/mol. The minimum absolute atomic E-state index is 0.839. The van der Waals surface area contributed by atoms with Gasteiger partial charge in [0.05, 0.1) is 14.2 Å². The Hall–Kier alpha value is -3.20. The number of benzene rings is 3. The van der Waals surface area contributed by atoms with Crippen LogP contribution in [-0.4, -0.2) is 18.8 Å². The largest absolute Gasteiger partial charge is 0.497 e. The Bertz CT molecular complexity index is 1030. The van der Waals surface area contributed by atoms with Crippen molar-refractivity contribution in [3.8, 4) is 22.6 Å². The fourth-order valence-electron chi connectivity index (χ4n) is 3.25. The fourth-order valence-corrected chi connectivity index (χ4v) is 3.25. The summed E-state index contributed by atoms with van der Waals surface area (Å²) in [5.41, 5.74) is 4.83. The van der Waals surface area contributed by atoms with Crippen molar-refractivity contribution in [1.82, 2.24) is 4.57 Å². The van der Waals surface area contributed by atoms with E-state index < -0.39 is 0 Å². The molecule has 0 unspecified atom stereocenters. The van der Waals surface area contributed by atoms with Crippen LogP contribution in [0.15, 0.2) is 79.0 Å². The van der Waals surface area contributed by atoms with E-state index in [1.54, 1.807) is 14.2 Å². The molecule has 0 saturated heterocycles. The summed E-state index contributed by atoms with van der Waals surface area (Å²) in [5, 5.41) is 1.24. The second-order valence-corrected chi connectivity index (χ2v) is 6.30. The zero-order valence-corrected chi connectivity index (χ0v) is 15.0. The van der Waals surface area contributed by atoms with Gasteiger partial charge < -0.3 is 14.0 Å². The Morgan fingerprint density at radius 2 is 1.50 bits per heavy atom. The second kappa shape index (κ2) is 6.96. The summed E-state index contributed by atoms with van der Waals surface area (Å²) < 4.78 is 12.8. The number of ether oxygens (including phenoxy) is 2. The first-order valence-electron chi connectivity index (χ1n) is 8.63. The first-order valence-corrected chi connectivity index (χ1v) is 8.63. The first-order chi connectivity index (χ1) is 12.8. The van der Waals surface area contributed by atoms with Crippen LogP contribution < -0.4 is 9.47 Å². The van der Waals surface area contributed by atoms with Crippen molar-refractivity contribution in [1.29, 1.82) is 0 Å². The number of nitrogens with zero attached hydrogens (tertiary/aromatic N) is 1. The lowest BCUT2D eigenvalue weighted by atomic mass is 10.0. The van der Waals surface area contributed by atoms with Gasteiger partial charge in [0, 0.05) is 23.6 Å². The van der Waals surface area contributed by atoms with E-state index in [1.165, 1.54) is 22.0 Å². The van der Waals surface area contributed by atoms with Gasteiger partial charge in [-0.15, -0.1) is 0 Å². The molecule has 4 aromatic rings. The lowest BCUT2D eigenvalue weighted by Gasteiger charge is -2.08. The highest BCUT2D eigenvalue weighted by molar-refractivity contribution is 5.86. The third-order valence-corrected chi connectivity index (χ3v) is 4.69. The second-order valence-electron chi connectivity index (χ2n) is 6.30. The lowest BCUT2D eigenvalue weighted by molar-refractivity contribution is 0.414. The minimum atomic E-state index is 0.839. The smallest absolute Gasteiger partial charge is 0.119 e. The number of hydrogen-bond acceptors (Lipinski definition) is 2. The summed E-state index contributed by atoms with van der Waals surface area (Å²) in [5.74, 6) is 1.76. The van der Waals surface area contributed by atoms with Crippen molar-refractivity contribution in [2.45, 2.75) is 6.54 Å². The van der Waals surface area contributed by atoms with Gasteiger partial charge in [0.25, 0.3) is 0 Å².